The smallest absolute Gasteiger partial charge is 0.0146 e. The molecule has 0 spiro atoms. The van der Waals surface area contributed by atoms with Crippen LogP contribution in [0.1, 0.15) is 27.2 Å². The average Bonchev–Trinajstić information content (AvgIpc) is 2.06. The Kier molecular flexibility index (Phi) is 5.20. The van der Waals surface area contributed by atoms with Crippen LogP contribution in [0, 0.1) is 0 Å². The topological polar surface area (TPSA) is 3.24 Å². The molecule has 0 aromatic heterocycles. The van der Waals surface area contributed by atoms with Crippen LogP contribution in [0.5, 0.6) is 0 Å². The van der Waals surface area contributed by atoms with E-state index >= 15 is 0 Å². The SMILES string of the molecule is C=C(C)C(=C)CC(=C)N(CC)CC. The Bertz CT molecular complexity index is 209. The molecule has 0 aromatic rings. The average molecular weight is 179 g/mol. The van der Waals surface area contributed by atoms with E-state index in [0.29, 0.717) is 0 Å². The van der Waals surface area contributed by atoms with Gasteiger partial charge in [-0.05, 0) is 26.3 Å². The van der Waals surface area contributed by atoms with Gasteiger partial charge in [0, 0.05) is 25.2 Å². The van der Waals surface area contributed by atoms with Gasteiger partial charge in [0.25, 0.3) is 0 Å². The molecule has 0 radical (unpaired) electrons. The maximum atomic E-state index is 4.04. The van der Waals surface area contributed by atoms with Crippen molar-refractivity contribution in [1.82, 2.24) is 4.90 Å². The van der Waals surface area contributed by atoms with Gasteiger partial charge in [0.05, 0.1) is 0 Å². The summed E-state index contributed by atoms with van der Waals surface area (Å²) in [7, 11) is 0. The summed E-state index contributed by atoms with van der Waals surface area (Å²) in [4.78, 5) is 2.24. The number of hydrogen-bond donors (Lipinski definition) is 0. The van der Waals surface area contributed by atoms with Gasteiger partial charge in [0.1, 0.15) is 0 Å². The van der Waals surface area contributed by atoms with Crippen LogP contribution in [0.15, 0.2) is 36.6 Å². The molecule has 0 aromatic carbocycles. The van der Waals surface area contributed by atoms with Crippen LogP contribution in [0.4, 0.5) is 0 Å². The number of rotatable bonds is 6. The minimum atomic E-state index is 0.844. The van der Waals surface area contributed by atoms with Crippen molar-refractivity contribution in [2.45, 2.75) is 27.2 Å². The molecule has 0 rings (SSSR count). The number of hydrogen-bond acceptors (Lipinski definition) is 1. The third kappa shape index (κ3) is 3.97. The molecule has 0 saturated carbocycles. The second-order valence-corrected chi connectivity index (χ2v) is 3.30. The van der Waals surface area contributed by atoms with E-state index in [1.165, 1.54) is 0 Å². The van der Waals surface area contributed by atoms with Gasteiger partial charge in [-0.1, -0.05) is 25.3 Å². The molecule has 0 unspecified atom stereocenters. The van der Waals surface area contributed by atoms with E-state index < -0.39 is 0 Å². The molecule has 0 heterocycles. The molecule has 0 amide bonds. The summed E-state index contributed by atoms with van der Waals surface area (Å²) in [5, 5.41) is 0. The second kappa shape index (κ2) is 5.63. The maximum absolute atomic E-state index is 4.04. The monoisotopic (exact) mass is 179 g/mol. The van der Waals surface area contributed by atoms with E-state index in [0.717, 1.165) is 36.4 Å². The lowest BCUT2D eigenvalue weighted by Gasteiger charge is -2.24. The molecular weight excluding hydrogens is 158 g/mol. The van der Waals surface area contributed by atoms with Crippen LogP contribution in [0.2, 0.25) is 0 Å². The lowest BCUT2D eigenvalue weighted by atomic mass is 10.1. The highest BCUT2D eigenvalue weighted by atomic mass is 15.1. The van der Waals surface area contributed by atoms with Crippen molar-refractivity contribution in [2.75, 3.05) is 13.1 Å². The first-order chi connectivity index (χ1) is 6.02. The Labute approximate surface area is 82.4 Å². The van der Waals surface area contributed by atoms with E-state index in [9.17, 15) is 0 Å². The van der Waals surface area contributed by atoms with Crippen molar-refractivity contribution in [2.24, 2.45) is 0 Å². The van der Waals surface area contributed by atoms with Crippen molar-refractivity contribution >= 4 is 0 Å². The zero-order chi connectivity index (χ0) is 10.4. The summed E-state index contributed by atoms with van der Waals surface area (Å²) in [5.41, 5.74) is 3.27. The van der Waals surface area contributed by atoms with Gasteiger partial charge in [0.15, 0.2) is 0 Å². The Balaban J connectivity index is 4.13. The third-order valence-electron chi connectivity index (χ3n) is 2.23. The normalized spacial score (nSPS) is 9.46. The van der Waals surface area contributed by atoms with E-state index in [2.05, 4.69) is 38.5 Å². The molecule has 0 N–H and O–H groups in total. The van der Waals surface area contributed by atoms with Crippen LogP contribution in [-0.2, 0) is 0 Å². The molecule has 0 bridgehead atoms. The van der Waals surface area contributed by atoms with Gasteiger partial charge >= 0.3 is 0 Å². The summed E-state index contributed by atoms with van der Waals surface area (Å²) in [6, 6.07) is 0. The molecule has 0 atom stereocenters. The summed E-state index contributed by atoms with van der Waals surface area (Å²) in [5.74, 6) is 0. The van der Waals surface area contributed by atoms with Crippen LogP contribution in [0.25, 0.3) is 0 Å². The zero-order valence-corrected chi connectivity index (χ0v) is 9.19. The quantitative estimate of drug-likeness (QED) is 0.565. The minimum Gasteiger partial charge on any atom is -0.376 e. The first-order valence-electron chi connectivity index (χ1n) is 4.79. The molecule has 0 saturated heterocycles. The van der Waals surface area contributed by atoms with Crippen molar-refractivity contribution in [3.63, 3.8) is 0 Å². The summed E-state index contributed by atoms with van der Waals surface area (Å²) >= 11 is 0. The molecule has 1 heteroatoms. The predicted octanol–water partition coefficient (Wildman–Crippen LogP) is 3.36. The number of allylic oxidation sites excluding steroid dienone is 2. The Hall–Kier alpha value is -0.980. The lowest BCUT2D eigenvalue weighted by molar-refractivity contribution is 0.376. The fourth-order valence-electron chi connectivity index (χ4n) is 1.18. The Morgan fingerprint density at radius 1 is 1.08 bits per heavy atom. The molecule has 0 aliphatic rings. The number of nitrogens with zero attached hydrogens (tertiary/aromatic N) is 1. The highest BCUT2D eigenvalue weighted by Gasteiger charge is 2.04. The van der Waals surface area contributed by atoms with Crippen molar-refractivity contribution in [3.8, 4) is 0 Å². The lowest BCUT2D eigenvalue weighted by Crippen LogP contribution is -2.21. The molecule has 74 valence electrons. The van der Waals surface area contributed by atoms with E-state index in [4.69, 9.17) is 0 Å². The molecule has 1 nitrogen and oxygen atoms in total. The summed E-state index contributed by atoms with van der Waals surface area (Å²) < 4.78 is 0. The second-order valence-electron chi connectivity index (χ2n) is 3.30. The van der Waals surface area contributed by atoms with Gasteiger partial charge in [-0.3, -0.25) is 0 Å². The fraction of sp³-hybridized carbons (Fsp3) is 0.500. The van der Waals surface area contributed by atoms with Crippen LogP contribution in [0.3, 0.4) is 0 Å². The van der Waals surface area contributed by atoms with Crippen molar-refractivity contribution < 1.29 is 0 Å². The van der Waals surface area contributed by atoms with E-state index in [1.807, 2.05) is 6.92 Å². The largest absolute Gasteiger partial charge is 0.376 e. The zero-order valence-electron chi connectivity index (χ0n) is 9.19. The standard InChI is InChI=1S/C12H21N/c1-7-13(8-2)12(6)9-11(5)10(3)4/h3,5-9H2,1-2,4H3. The van der Waals surface area contributed by atoms with Gasteiger partial charge in [-0.25, -0.2) is 0 Å². The van der Waals surface area contributed by atoms with Crippen LogP contribution in [-0.4, -0.2) is 18.0 Å². The predicted molar refractivity (Wildman–Crippen MR) is 60.6 cm³/mol. The van der Waals surface area contributed by atoms with Crippen LogP contribution >= 0.6 is 0 Å². The summed E-state index contributed by atoms with van der Waals surface area (Å²) in [6.45, 7) is 20.1. The summed E-state index contributed by atoms with van der Waals surface area (Å²) in [6.07, 6.45) is 0.844. The Morgan fingerprint density at radius 2 is 1.54 bits per heavy atom. The van der Waals surface area contributed by atoms with Gasteiger partial charge < -0.3 is 4.90 Å². The Morgan fingerprint density at radius 3 is 1.85 bits per heavy atom. The first-order valence-corrected chi connectivity index (χ1v) is 4.79. The highest BCUT2D eigenvalue weighted by Crippen LogP contribution is 2.16. The van der Waals surface area contributed by atoms with Gasteiger partial charge in [-0.15, -0.1) is 0 Å². The fourth-order valence-corrected chi connectivity index (χ4v) is 1.18. The van der Waals surface area contributed by atoms with Gasteiger partial charge in [-0.2, -0.15) is 0 Å². The first kappa shape index (κ1) is 12.0. The maximum Gasteiger partial charge on any atom is 0.0146 e. The van der Waals surface area contributed by atoms with Crippen LogP contribution < -0.4 is 0 Å². The molecule has 0 aliphatic carbocycles. The molecular formula is C12H21N. The van der Waals surface area contributed by atoms with Crippen molar-refractivity contribution in [1.29, 1.82) is 0 Å². The third-order valence-corrected chi connectivity index (χ3v) is 2.23. The molecule has 0 aliphatic heterocycles. The molecule has 0 fully saturated rings. The van der Waals surface area contributed by atoms with Gasteiger partial charge in [0.2, 0.25) is 0 Å². The van der Waals surface area contributed by atoms with E-state index in [-0.39, 0.29) is 0 Å². The minimum absolute atomic E-state index is 0.844. The van der Waals surface area contributed by atoms with E-state index in [1.54, 1.807) is 0 Å². The molecule has 13 heavy (non-hydrogen) atoms. The highest BCUT2D eigenvalue weighted by molar-refractivity contribution is 5.27. The van der Waals surface area contributed by atoms with Crippen molar-refractivity contribution in [3.05, 3.63) is 36.6 Å².